The molecule has 2 saturated heterocycles. The van der Waals surface area contributed by atoms with Crippen molar-refractivity contribution in [2.75, 3.05) is 43.1 Å². The van der Waals surface area contributed by atoms with E-state index in [1.807, 2.05) is 4.90 Å². The van der Waals surface area contributed by atoms with Crippen LogP contribution in [-0.4, -0.2) is 57.1 Å². The Morgan fingerprint density at radius 2 is 2.25 bits per heavy atom. The molecule has 2 amide bonds. The fraction of sp³-hybridized carbons (Fsp3) is 0.526. The van der Waals surface area contributed by atoms with Crippen molar-refractivity contribution in [1.29, 1.82) is 0 Å². The zero-order valence-electron chi connectivity index (χ0n) is 15.9. The third kappa shape index (κ3) is 3.36. The van der Waals surface area contributed by atoms with Gasteiger partial charge in [-0.3, -0.25) is 9.69 Å². The number of cyclic esters (lactones) is 1. The molecular weight excluding hydrogens is 367 g/mol. The smallest absolute Gasteiger partial charge is 0.414 e. The molecule has 1 atom stereocenters. The van der Waals surface area contributed by atoms with E-state index < -0.39 is 18.0 Å². The van der Waals surface area contributed by atoms with Gasteiger partial charge in [0.15, 0.2) is 0 Å². The maximum Gasteiger partial charge on any atom is 0.414 e. The van der Waals surface area contributed by atoms with Gasteiger partial charge in [0.05, 0.1) is 36.7 Å². The van der Waals surface area contributed by atoms with Crippen LogP contribution in [-0.2, 0) is 14.4 Å². The maximum absolute atomic E-state index is 14.9. The molecule has 1 spiro atoms. The van der Waals surface area contributed by atoms with Crippen LogP contribution in [0, 0.1) is 11.2 Å². The highest BCUT2D eigenvalue weighted by Gasteiger charge is 2.54. The first-order chi connectivity index (χ1) is 13.4. The van der Waals surface area contributed by atoms with Gasteiger partial charge in [0.1, 0.15) is 19.0 Å². The highest BCUT2D eigenvalue weighted by atomic mass is 19.1. The van der Waals surface area contributed by atoms with Crippen molar-refractivity contribution in [3.63, 3.8) is 0 Å². The second-order valence-electron chi connectivity index (χ2n) is 7.55. The van der Waals surface area contributed by atoms with Crippen molar-refractivity contribution < 1.29 is 23.6 Å². The van der Waals surface area contributed by atoms with E-state index in [-0.39, 0.29) is 24.4 Å². The van der Waals surface area contributed by atoms with Gasteiger partial charge >= 0.3 is 6.09 Å². The summed E-state index contributed by atoms with van der Waals surface area (Å²) >= 11 is 0. The Hall–Kier alpha value is -2.84. The summed E-state index contributed by atoms with van der Waals surface area (Å²) in [5, 5.41) is 6.75. The lowest BCUT2D eigenvalue weighted by Crippen LogP contribution is -2.33. The molecule has 0 unspecified atom stereocenters. The van der Waals surface area contributed by atoms with Crippen molar-refractivity contribution in [2.45, 2.75) is 25.9 Å². The molecule has 1 aromatic rings. The van der Waals surface area contributed by atoms with E-state index >= 15 is 0 Å². The van der Waals surface area contributed by atoms with Crippen molar-refractivity contribution in [3.8, 4) is 0 Å². The lowest BCUT2D eigenvalue weighted by Gasteiger charge is -2.20. The molecule has 150 valence electrons. The molecule has 2 aliphatic heterocycles. The van der Waals surface area contributed by atoms with Gasteiger partial charge in [0.2, 0.25) is 5.91 Å². The minimum Gasteiger partial charge on any atom is -0.442 e. The van der Waals surface area contributed by atoms with Crippen LogP contribution in [0.2, 0.25) is 0 Å². The van der Waals surface area contributed by atoms with Crippen LogP contribution in [0.25, 0.3) is 0 Å². The zero-order chi connectivity index (χ0) is 19.9. The van der Waals surface area contributed by atoms with Gasteiger partial charge in [-0.05, 0) is 31.0 Å². The first-order valence-corrected chi connectivity index (χ1v) is 9.29. The number of carbonyl (C=O) groups excluding carboxylic acids is 2. The number of ether oxygens (including phenoxy) is 1. The van der Waals surface area contributed by atoms with Gasteiger partial charge in [-0.15, -0.1) is 0 Å². The quantitative estimate of drug-likeness (QED) is 0.777. The second-order valence-corrected chi connectivity index (χ2v) is 7.55. The number of anilines is 2. The minimum atomic E-state index is -0.546. The van der Waals surface area contributed by atoms with Crippen LogP contribution >= 0.6 is 0 Å². The molecule has 3 fully saturated rings. The summed E-state index contributed by atoms with van der Waals surface area (Å²) in [5.74, 6) is -0.592. The average Bonchev–Trinajstić information content (AvgIpc) is 3.20. The number of benzene rings is 1. The number of hydrogen-bond donors (Lipinski definition) is 1. The van der Waals surface area contributed by atoms with Crippen LogP contribution < -0.4 is 15.1 Å². The molecule has 8 nitrogen and oxygen atoms in total. The molecule has 1 aromatic carbocycles. The van der Waals surface area contributed by atoms with Crippen molar-refractivity contribution >= 4 is 29.1 Å². The fourth-order valence-corrected chi connectivity index (χ4v) is 3.88. The molecule has 1 N–H and O–H groups in total. The summed E-state index contributed by atoms with van der Waals surface area (Å²) in [6.45, 7) is 3.14. The Morgan fingerprint density at radius 1 is 1.46 bits per heavy atom. The van der Waals surface area contributed by atoms with Gasteiger partial charge in [-0.2, -0.15) is 0 Å². The number of oxime groups is 1. The van der Waals surface area contributed by atoms with E-state index in [9.17, 15) is 14.0 Å². The summed E-state index contributed by atoms with van der Waals surface area (Å²) in [7, 11) is 1.52. The van der Waals surface area contributed by atoms with E-state index in [0.717, 1.165) is 25.1 Å². The largest absolute Gasteiger partial charge is 0.442 e. The van der Waals surface area contributed by atoms with Gasteiger partial charge in [0, 0.05) is 18.9 Å². The van der Waals surface area contributed by atoms with Crippen LogP contribution in [0.1, 0.15) is 19.8 Å². The van der Waals surface area contributed by atoms with Gasteiger partial charge in [-0.25, -0.2) is 9.18 Å². The van der Waals surface area contributed by atoms with Crippen molar-refractivity contribution in [1.82, 2.24) is 5.32 Å². The monoisotopic (exact) mass is 390 g/mol. The lowest BCUT2D eigenvalue weighted by atomic mass is 10.1. The van der Waals surface area contributed by atoms with Gasteiger partial charge < -0.3 is 19.8 Å². The van der Waals surface area contributed by atoms with Crippen molar-refractivity contribution in [2.24, 2.45) is 10.6 Å². The number of halogens is 1. The number of nitrogens with one attached hydrogen (secondary N) is 1. The molecule has 3 aliphatic rings. The topological polar surface area (TPSA) is 83.5 Å². The van der Waals surface area contributed by atoms with Crippen LogP contribution in [0.5, 0.6) is 0 Å². The first kappa shape index (κ1) is 18.5. The van der Waals surface area contributed by atoms with Crippen LogP contribution in [0.15, 0.2) is 23.4 Å². The maximum atomic E-state index is 14.9. The minimum absolute atomic E-state index is 0.0246. The Labute approximate surface area is 162 Å². The molecule has 1 aliphatic carbocycles. The molecule has 0 radical (unpaired) electrons. The number of carbonyl (C=O) groups is 2. The third-order valence-corrected chi connectivity index (χ3v) is 5.54. The average molecular weight is 390 g/mol. The van der Waals surface area contributed by atoms with Crippen molar-refractivity contribution in [3.05, 3.63) is 24.0 Å². The van der Waals surface area contributed by atoms with E-state index in [0.29, 0.717) is 17.9 Å². The highest BCUT2D eigenvalue weighted by Crippen LogP contribution is 2.52. The second kappa shape index (κ2) is 6.96. The summed E-state index contributed by atoms with van der Waals surface area (Å²) in [6, 6.07) is 4.75. The number of amides is 2. The highest BCUT2D eigenvalue weighted by molar-refractivity contribution is 5.99. The third-order valence-electron chi connectivity index (χ3n) is 5.54. The van der Waals surface area contributed by atoms with Gasteiger partial charge in [-0.1, -0.05) is 5.16 Å². The van der Waals surface area contributed by atoms with Gasteiger partial charge in [0.25, 0.3) is 0 Å². The Kier molecular flexibility index (Phi) is 4.60. The fourth-order valence-electron chi connectivity index (χ4n) is 3.88. The van der Waals surface area contributed by atoms with E-state index in [4.69, 9.17) is 9.57 Å². The predicted octanol–water partition coefficient (Wildman–Crippen LogP) is 1.89. The molecule has 4 rings (SSSR count). The molecule has 28 heavy (non-hydrogen) atoms. The van der Waals surface area contributed by atoms with E-state index in [1.54, 1.807) is 12.1 Å². The molecular formula is C19H23FN4O4. The Morgan fingerprint density at radius 3 is 2.89 bits per heavy atom. The lowest BCUT2D eigenvalue weighted by molar-refractivity contribution is -0.119. The molecule has 0 bridgehead atoms. The standard InChI is InChI=1S/C19H23FN4O4/c1-12(25)21-8-14-9-24(18(26)28-14)13-3-4-16(15(20)7-13)23-10-17(22-27-2)19(11-23)5-6-19/h3-4,7,14H,5-6,8-11H2,1-2H3,(H,21,25)/b22-17+/t14-/m0/s1. The Balaban J connectivity index is 1.47. The summed E-state index contributed by atoms with van der Waals surface area (Å²) < 4.78 is 20.1. The SMILES string of the molecule is CO/N=C1\CN(c2ccc(N3C[C@H](CNC(C)=O)OC3=O)cc2F)CC12CC2. The normalized spacial score (nSPS) is 24.0. The van der Waals surface area contributed by atoms with Crippen LogP contribution in [0.3, 0.4) is 0 Å². The summed E-state index contributed by atoms with van der Waals surface area (Å²) in [6.07, 6.45) is 1.08. The van der Waals surface area contributed by atoms with Crippen LogP contribution in [0.4, 0.5) is 20.6 Å². The molecule has 1 saturated carbocycles. The molecule has 0 aromatic heterocycles. The summed E-state index contributed by atoms with van der Waals surface area (Å²) in [5.41, 5.74) is 1.90. The predicted molar refractivity (Wildman–Crippen MR) is 101 cm³/mol. The van der Waals surface area contributed by atoms with E-state index in [1.165, 1.54) is 25.0 Å². The first-order valence-electron chi connectivity index (χ1n) is 9.29. The molecule has 2 heterocycles. The van der Waals surface area contributed by atoms with E-state index in [2.05, 4.69) is 10.5 Å². The number of rotatable bonds is 5. The Bertz CT molecular complexity index is 839. The molecule has 9 heteroatoms. The number of hydrogen-bond acceptors (Lipinski definition) is 6. The zero-order valence-corrected chi connectivity index (χ0v) is 15.9. The number of nitrogens with zero attached hydrogens (tertiary/aromatic N) is 3. The summed E-state index contributed by atoms with van der Waals surface area (Å²) in [4.78, 5) is 31.4.